The Morgan fingerprint density at radius 1 is 1.07 bits per heavy atom. The molecule has 8 nitrogen and oxygen atoms in total. The summed E-state index contributed by atoms with van der Waals surface area (Å²) in [5.41, 5.74) is 0.553. The Bertz CT molecular complexity index is 1130. The summed E-state index contributed by atoms with van der Waals surface area (Å²) in [4.78, 5) is 39.4. The highest BCUT2D eigenvalue weighted by Crippen LogP contribution is 2.27. The molecular weight excluding hydrogens is 374 g/mol. The largest absolute Gasteiger partial charge is 0.493 e. The number of rotatable bonds is 8. The lowest BCUT2D eigenvalue weighted by molar-refractivity contribution is -0.121. The number of amides is 1. The Morgan fingerprint density at radius 3 is 2.59 bits per heavy atom. The van der Waals surface area contributed by atoms with Crippen molar-refractivity contribution in [3.8, 4) is 11.5 Å². The lowest BCUT2D eigenvalue weighted by atomic mass is 10.1. The summed E-state index contributed by atoms with van der Waals surface area (Å²) < 4.78 is 11.5. The predicted molar refractivity (Wildman–Crippen MR) is 110 cm³/mol. The van der Waals surface area contributed by atoms with E-state index in [2.05, 4.69) is 10.3 Å². The van der Waals surface area contributed by atoms with E-state index in [0.717, 1.165) is 10.1 Å². The molecule has 0 bridgehead atoms. The van der Waals surface area contributed by atoms with Crippen LogP contribution in [-0.2, 0) is 17.8 Å². The topological polar surface area (TPSA) is 102 Å². The van der Waals surface area contributed by atoms with Crippen LogP contribution in [0.25, 0.3) is 10.9 Å². The molecule has 3 rings (SSSR count). The Hall–Kier alpha value is -3.55. The molecule has 152 valence electrons. The van der Waals surface area contributed by atoms with Gasteiger partial charge in [0, 0.05) is 19.5 Å². The fourth-order valence-electron chi connectivity index (χ4n) is 3.09. The highest BCUT2D eigenvalue weighted by molar-refractivity contribution is 5.77. The van der Waals surface area contributed by atoms with E-state index < -0.39 is 11.2 Å². The van der Waals surface area contributed by atoms with Gasteiger partial charge in [0.15, 0.2) is 11.5 Å². The summed E-state index contributed by atoms with van der Waals surface area (Å²) in [6.07, 6.45) is 0.649. The fraction of sp³-hybridized carbons (Fsp3) is 0.286. The molecule has 0 radical (unpaired) electrons. The van der Waals surface area contributed by atoms with Gasteiger partial charge in [-0.05, 0) is 36.2 Å². The van der Waals surface area contributed by atoms with Crippen LogP contribution in [0.2, 0.25) is 0 Å². The van der Waals surface area contributed by atoms with Gasteiger partial charge in [-0.25, -0.2) is 4.79 Å². The molecule has 0 fully saturated rings. The molecule has 0 aliphatic rings. The fourth-order valence-corrected chi connectivity index (χ4v) is 3.09. The maximum Gasteiger partial charge on any atom is 0.328 e. The summed E-state index contributed by atoms with van der Waals surface area (Å²) in [6.45, 7) is 0.443. The van der Waals surface area contributed by atoms with Crippen molar-refractivity contribution >= 4 is 16.8 Å². The molecule has 0 atom stereocenters. The van der Waals surface area contributed by atoms with Crippen molar-refractivity contribution in [2.24, 2.45) is 0 Å². The van der Waals surface area contributed by atoms with Crippen molar-refractivity contribution in [1.29, 1.82) is 0 Å². The van der Waals surface area contributed by atoms with Gasteiger partial charge in [-0.2, -0.15) is 0 Å². The van der Waals surface area contributed by atoms with E-state index in [1.165, 1.54) is 0 Å². The van der Waals surface area contributed by atoms with Gasteiger partial charge >= 0.3 is 5.69 Å². The highest BCUT2D eigenvalue weighted by Gasteiger charge is 2.10. The number of nitrogens with zero attached hydrogens (tertiary/aromatic N) is 1. The van der Waals surface area contributed by atoms with E-state index in [1.807, 2.05) is 18.2 Å². The van der Waals surface area contributed by atoms with Crippen molar-refractivity contribution in [2.75, 3.05) is 20.8 Å². The number of carbonyl (C=O) groups excluding carboxylic acids is 1. The standard InChI is InChI=1S/C21H23N3O5/c1-28-17-8-7-14(13-18(17)29-2)9-11-22-19(25)10-12-24-20(26)15-5-3-4-6-16(15)23-21(24)27/h3-8,13H,9-12H2,1-2H3,(H,22,25)(H,23,27). The Morgan fingerprint density at radius 2 is 1.83 bits per heavy atom. The Balaban J connectivity index is 1.56. The third-order valence-electron chi connectivity index (χ3n) is 4.64. The van der Waals surface area contributed by atoms with Crippen LogP contribution in [0, 0.1) is 0 Å². The Labute approximate surface area is 167 Å². The van der Waals surface area contributed by atoms with Crippen molar-refractivity contribution < 1.29 is 14.3 Å². The number of H-pyrrole nitrogens is 1. The molecule has 1 amide bonds. The van der Waals surface area contributed by atoms with Crippen molar-refractivity contribution in [3.05, 3.63) is 68.9 Å². The van der Waals surface area contributed by atoms with Gasteiger partial charge in [0.05, 0.1) is 25.1 Å². The number of ether oxygens (including phenoxy) is 2. The van der Waals surface area contributed by atoms with Crippen LogP contribution >= 0.6 is 0 Å². The van der Waals surface area contributed by atoms with Gasteiger partial charge in [-0.3, -0.25) is 14.2 Å². The number of para-hydroxylation sites is 1. The van der Waals surface area contributed by atoms with Crippen molar-refractivity contribution in [2.45, 2.75) is 19.4 Å². The van der Waals surface area contributed by atoms with Crippen LogP contribution in [0.5, 0.6) is 11.5 Å². The van der Waals surface area contributed by atoms with Crippen LogP contribution in [-0.4, -0.2) is 36.2 Å². The molecule has 0 unspecified atom stereocenters. The zero-order valence-electron chi connectivity index (χ0n) is 16.4. The summed E-state index contributed by atoms with van der Waals surface area (Å²) >= 11 is 0. The van der Waals surface area contributed by atoms with Crippen LogP contribution in [0.15, 0.2) is 52.1 Å². The molecule has 3 aromatic rings. The molecule has 0 aliphatic carbocycles. The summed E-state index contributed by atoms with van der Waals surface area (Å²) in [7, 11) is 3.14. The first-order valence-corrected chi connectivity index (χ1v) is 9.23. The Kier molecular flexibility index (Phi) is 6.33. The second-order valence-electron chi connectivity index (χ2n) is 6.47. The van der Waals surface area contributed by atoms with Gasteiger partial charge in [0.1, 0.15) is 0 Å². The van der Waals surface area contributed by atoms with E-state index >= 15 is 0 Å². The smallest absolute Gasteiger partial charge is 0.328 e. The number of aromatic amines is 1. The minimum atomic E-state index is -0.521. The average Bonchev–Trinajstić information content (AvgIpc) is 2.73. The van der Waals surface area contributed by atoms with Crippen molar-refractivity contribution in [1.82, 2.24) is 14.9 Å². The second kappa shape index (κ2) is 9.09. The molecule has 2 N–H and O–H groups in total. The van der Waals surface area contributed by atoms with E-state index in [4.69, 9.17) is 9.47 Å². The number of methoxy groups -OCH3 is 2. The number of hydrogen-bond donors (Lipinski definition) is 2. The SMILES string of the molecule is COc1ccc(CCNC(=O)CCn2c(=O)[nH]c3ccccc3c2=O)cc1OC. The van der Waals surface area contributed by atoms with E-state index in [0.29, 0.717) is 35.4 Å². The normalized spacial score (nSPS) is 10.7. The third kappa shape index (κ3) is 4.66. The molecule has 0 saturated carbocycles. The molecule has 0 saturated heterocycles. The molecule has 1 heterocycles. The van der Waals surface area contributed by atoms with Gasteiger partial charge in [-0.1, -0.05) is 18.2 Å². The number of hydrogen-bond acceptors (Lipinski definition) is 5. The maximum atomic E-state index is 12.5. The monoisotopic (exact) mass is 397 g/mol. The van der Waals surface area contributed by atoms with Gasteiger partial charge < -0.3 is 19.8 Å². The third-order valence-corrected chi connectivity index (χ3v) is 4.64. The van der Waals surface area contributed by atoms with Crippen LogP contribution in [0.4, 0.5) is 0 Å². The molecular formula is C21H23N3O5. The molecule has 2 aromatic carbocycles. The highest BCUT2D eigenvalue weighted by atomic mass is 16.5. The van der Waals surface area contributed by atoms with Gasteiger partial charge in [-0.15, -0.1) is 0 Å². The number of fused-ring (bicyclic) bond motifs is 1. The zero-order valence-corrected chi connectivity index (χ0v) is 16.4. The average molecular weight is 397 g/mol. The summed E-state index contributed by atoms with van der Waals surface area (Å²) in [5.74, 6) is 1.04. The molecule has 0 spiro atoms. The second-order valence-corrected chi connectivity index (χ2v) is 6.47. The van der Waals surface area contributed by atoms with Crippen LogP contribution in [0.3, 0.4) is 0 Å². The number of benzene rings is 2. The molecule has 0 aliphatic heterocycles. The van der Waals surface area contributed by atoms with E-state index in [1.54, 1.807) is 38.5 Å². The van der Waals surface area contributed by atoms with Crippen molar-refractivity contribution in [3.63, 3.8) is 0 Å². The van der Waals surface area contributed by atoms with Crippen LogP contribution < -0.4 is 26.0 Å². The molecule has 29 heavy (non-hydrogen) atoms. The first-order valence-electron chi connectivity index (χ1n) is 9.23. The number of aromatic nitrogens is 2. The number of carbonyl (C=O) groups is 1. The minimum Gasteiger partial charge on any atom is -0.493 e. The maximum absolute atomic E-state index is 12.5. The number of nitrogens with one attached hydrogen (secondary N) is 2. The quantitative estimate of drug-likeness (QED) is 0.599. The minimum absolute atomic E-state index is 0.0151. The summed E-state index contributed by atoms with van der Waals surface area (Å²) in [6, 6.07) is 12.4. The first-order chi connectivity index (χ1) is 14.0. The molecule has 8 heteroatoms. The van der Waals surface area contributed by atoms with Gasteiger partial charge in [0.25, 0.3) is 5.56 Å². The lowest BCUT2D eigenvalue weighted by Crippen LogP contribution is -2.37. The predicted octanol–water partition coefficient (Wildman–Crippen LogP) is 1.46. The lowest BCUT2D eigenvalue weighted by Gasteiger charge is -2.10. The zero-order chi connectivity index (χ0) is 20.8. The van der Waals surface area contributed by atoms with E-state index in [9.17, 15) is 14.4 Å². The van der Waals surface area contributed by atoms with Gasteiger partial charge in [0.2, 0.25) is 5.91 Å². The molecule has 1 aromatic heterocycles. The first kappa shape index (κ1) is 20.2. The summed E-state index contributed by atoms with van der Waals surface area (Å²) in [5, 5.41) is 3.22. The van der Waals surface area contributed by atoms with Crippen LogP contribution in [0.1, 0.15) is 12.0 Å². The van der Waals surface area contributed by atoms with E-state index in [-0.39, 0.29) is 18.9 Å².